The van der Waals surface area contributed by atoms with Crippen LogP contribution in [-0.4, -0.2) is 11.5 Å². The molecule has 1 heterocycles. The van der Waals surface area contributed by atoms with Crippen LogP contribution < -0.4 is 5.32 Å². The Morgan fingerprint density at radius 2 is 2.29 bits per heavy atom. The second-order valence-electron chi connectivity index (χ2n) is 5.32. The van der Waals surface area contributed by atoms with Crippen molar-refractivity contribution in [2.45, 2.75) is 45.6 Å². The fraction of sp³-hybridized carbons (Fsp3) is 0.667. The Hall–Kier alpha value is -0.890. The first kappa shape index (κ1) is 12.6. The minimum atomic E-state index is 0.448. The largest absolute Gasteiger partial charge is 0.309 e. The first-order valence-electron chi connectivity index (χ1n) is 6.95. The summed E-state index contributed by atoms with van der Waals surface area (Å²) in [5.41, 5.74) is 1.22. The third-order valence-electron chi connectivity index (χ3n) is 3.88. The van der Waals surface area contributed by atoms with Crippen LogP contribution >= 0.6 is 0 Å². The summed E-state index contributed by atoms with van der Waals surface area (Å²) < 4.78 is 0. The van der Waals surface area contributed by atoms with Crippen LogP contribution in [0.4, 0.5) is 0 Å². The van der Waals surface area contributed by atoms with Gasteiger partial charge in [-0.2, -0.15) is 0 Å². The molecule has 0 bridgehead atoms. The second-order valence-corrected chi connectivity index (χ2v) is 5.32. The van der Waals surface area contributed by atoms with Crippen LogP contribution in [0.3, 0.4) is 0 Å². The molecule has 0 aliphatic heterocycles. The first-order valence-corrected chi connectivity index (χ1v) is 6.95. The molecule has 0 spiro atoms. The third-order valence-corrected chi connectivity index (χ3v) is 3.88. The standard InChI is InChI=1S/C15H24N2/c1-3-16-15(14-9-4-5-10-17-14)13-8-6-7-12(2)11-13/h4-5,9-10,12-13,15-16H,3,6-8,11H2,1-2H3. The molecule has 17 heavy (non-hydrogen) atoms. The highest BCUT2D eigenvalue weighted by Gasteiger charge is 2.27. The highest BCUT2D eigenvalue weighted by atomic mass is 14.9. The zero-order chi connectivity index (χ0) is 12.1. The molecule has 1 saturated carbocycles. The first-order chi connectivity index (χ1) is 8.31. The Kier molecular flexibility index (Phi) is 4.55. The van der Waals surface area contributed by atoms with Gasteiger partial charge in [-0.15, -0.1) is 0 Å². The fourth-order valence-corrected chi connectivity index (χ4v) is 3.08. The molecule has 2 heteroatoms. The molecule has 1 aromatic rings. The Morgan fingerprint density at radius 3 is 2.94 bits per heavy atom. The lowest BCUT2D eigenvalue weighted by Crippen LogP contribution is -2.31. The molecule has 1 aromatic heterocycles. The van der Waals surface area contributed by atoms with Crippen molar-refractivity contribution in [3.63, 3.8) is 0 Å². The zero-order valence-electron chi connectivity index (χ0n) is 11.0. The lowest BCUT2D eigenvalue weighted by atomic mass is 9.77. The molecule has 1 fully saturated rings. The number of hydrogen-bond acceptors (Lipinski definition) is 2. The SMILES string of the molecule is CCNC(c1ccccn1)C1CCCC(C)C1. The van der Waals surface area contributed by atoms with Crippen molar-refractivity contribution in [3.05, 3.63) is 30.1 Å². The normalized spacial score (nSPS) is 26.7. The van der Waals surface area contributed by atoms with E-state index >= 15 is 0 Å². The van der Waals surface area contributed by atoms with Crippen LogP contribution in [-0.2, 0) is 0 Å². The van der Waals surface area contributed by atoms with Crippen molar-refractivity contribution in [1.29, 1.82) is 0 Å². The Labute approximate surface area is 105 Å². The van der Waals surface area contributed by atoms with Crippen molar-refractivity contribution in [1.82, 2.24) is 10.3 Å². The van der Waals surface area contributed by atoms with E-state index in [2.05, 4.69) is 36.3 Å². The van der Waals surface area contributed by atoms with Gasteiger partial charge >= 0.3 is 0 Å². The van der Waals surface area contributed by atoms with Crippen LogP contribution in [0.5, 0.6) is 0 Å². The molecule has 0 saturated heterocycles. The third kappa shape index (κ3) is 3.29. The average molecular weight is 232 g/mol. The monoisotopic (exact) mass is 232 g/mol. The van der Waals surface area contributed by atoms with E-state index in [1.54, 1.807) is 0 Å². The van der Waals surface area contributed by atoms with Crippen molar-refractivity contribution in [2.24, 2.45) is 11.8 Å². The van der Waals surface area contributed by atoms with Crippen LogP contribution in [0, 0.1) is 11.8 Å². The van der Waals surface area contributed by atoms with E-state index in [0.717, 1.165) is 18.4 Å². The summed E-state index contributed by atoms with van der Waals surface area (Å²) in [5, 5.41) is 3.63. The van der Waals surface area contributed by atoms with Gasteiger partial charge in [-0.05, 0) is 43.4 Å². The predicted molar refractivity (Wildman–Crippen MR) is 71.8 cm³/mol. The van der Waals surface area contributed by atoms with Crippen molar-refractivity contribution in [3.8, 4) is 0 Å². The summed E-state index contributed by atoms with van der Waals surface area (Å²) >= 11 is 0. The van der Waals surface area contributed by atoms with E-state index in [9.17, 15) is 0 Å². The van der Waals surface area contributed by atoms with Gasteiger partial charge in [0.2, 0.25) is 0 Å². The molecule has 94 valence electrons. The van der Waals surface area contributed by atoms with Gasteiger partial charge in [-0.25, -0.2) is 0 Å². The van der Waals surface area contributed by atoms with Gasteiger partial charge in [-0.1, -0.05) is 32.8 Å². The van der Waals surface area contributed by atoms with Gasteiger partial charge in [0.25, 0.3) is 0 Å². The van der Waals surface area contributed by atoms with Gasteiger partial charge < -0.3 is 5.32 Å². The molecule has 1 aliphatic rings. The summed E-state index contributed by atoms with van der Waals surface area (Å²) in [7, 11) is 0. The molecule has 1 N–H and O–H groups in total. The number of pyridine rings is 1. The Morgan fingerprint density at radius 1 is 1.41 bits per heavy atom. The summed E-state index contributed by atoms with van der Waals surface area (Å²) in [6, 6.07) is 6.70. The summed E-state index contributed by atoms with van der Waals surface area (Å²) in [6.07, 6.45) is 7.37. The van der Waals surface area contributed by atoms with Crippen molar-refractivity contribution >= 4 is 0 Å². The minimum absolute atomic E-state index is 0.448. The number of hydrogen-bond donors (Lipinski definition) is 1. The van der Waals surface area contributed by atoms with Gasteiger partial charge in [0.15, 0.2) is 0 Å². The van der Waals surface area contributed by atoms with E-state index in [1.165, 1.54) is 31.4 Å². The van der Waals surface area contributed by atoms with Crippen molar-refractivity contribution < 1.29 is 0 Å². The van der Waals surface area contributed by atoms with Crippen LogP contribution in [0.1, 0.15) is 51.3 Å². The maximum Gasteiger partial charge on any atom is 0.0576 e. The van der Waals surface area contributed by atoms with Gasteiger partial charge in [-0.3, -0.25) is 4.98 Å². The molecule has 0 amide bonds. The molecule has 0 radical (unpaired) electrons. The highest BCUT2D eigenvalue weighted by Crippen LogP contribution is 2.36. The molecule has 2 nitrogen and oxygen atoms in total. The molecule has 0 aromatic carbocycles. The van der Waals surface area contributed by atoms with E-state index < -0.39 is 0 Å². The van der Waals surface area contributed by atoms with Gasteiger partial charge in [0.1, 0.15) is 0 Å². The van der Waals surface area contributed by atoms with E-state index in [-0.39, 0.29) is 0 Å². The fourth-order valence-electron chi connectivity index (χ4n) is 3.08. The number of aromatic nitrogens is 1. The Balaban J connectivity index is 2.11. The lowest BCUT2D eigenvalue weighted by molar-refractivity contribution is 0.222. The van der Waals surface area contributed by atoms with Crippen LogP contribution in [0.25, 0.3) is 0 Å². The molecule has 3 unspecified atom stereocenters. The summed E-state index contributed by atoms with van der Waals surface area (Å²) in [5.74, 6) is 1.63. The molecule has 3 atom stereocenters. The molecular formula is C15H24N2. The second kappa shape index (κ2) is 6.15. The van der Waals surface area contributed by atoms with Crippen molar-refractivity contribution in [2.75, 3.05) is 6.54 Å². The topological polar surface area (TPSA) is 24.9 Å². The number of nitrogens with one attached hydrogen (secondary N) is 1. The molecule has 2 rings (SSSR count). The summed E-state index contributed by atoms with van der Waals surface area (Å²) in [6.45, 7) is 5.59. The highest BCUT2D eigenvalue weighted by molar-refractivity contribution is 5.10. The maximum atomic E-state index is 4.54. The average Bonchev–Trinajstić information content (AvgIpc) is 2.37. The van der Waals surface area contributed by atoms with Crippen LogP contribution in [0.2, 0.25) is 0 Å². The number of rotatable bonds is 4. The lowest BCUT2D eigenvalue weighted by Gasteiger charge is -2.33. The Bertz CT molecular complexity index is 323. The maximum absolute atomic E-state index is 4.54. The van der Waals surface area contributed by atoms with E-state index in [4.69, 9.17) is 0 Å². The zero-order valence-corrected chi connectivity index (χ0v) is 11.0. The summed E-state index contributed by atoms with van der Waals surface area (Å²) in [4.78, 5) is 4.54. The minimum Gasteiger partial charge on any atom is -0.309 e. The van der Waals surface area contributed by atoms with E-state index in [1.807, 2.05) is 12.3 Å². The molecular weight excluding hydrogens is 208 g/mol. The van der Waals surface area contributed by atoms with Gasteiger partial charge in [0, 0.05) is 6.20 Å². The van der Waals surface area contributed by atoms with Gasteiger partial charge in [0.05, 0.1) is 11.7 Å². The smallest absolute Gasteiger partial charge is 0.0576 e. The van der Waals surface area contributed by atoms with Crippen LogP contribution in [0.15, 0.2) is 24.4 Å². The number of nitrogens with zero attached hydrogens (tertiary/aromatic N) is 1. The van der Waals surface area contributed by atoms with E-state index in [0.29, 0.717) is 6.04 Å². The predicted octanol–water partition coefficient (Wildman–Crippen LogP) is 3.56. The molecule has 1 aliphatic carbocycles. The quantitative estimate of drug-likeness (QED) is 0.858.